The molecule has 0 radical (unpaired) electrons. The van der Waals surface area contributed by atoms with Crippen molar-refractivity contribution in [3.63, 3.8) is 0 Å². The third-order valence-corrected chi connectivity index (χ3v) is 6.38. The molecule has 2 fully saturated rings. The van der Waals surface area contributed by atoms with Crippen LogP contribution in [-0.2, 0) is 13.1 Å². The minimum absolute atomic E-state index is 0.586. The molecule has 23 heavy (non-hydrogen) atoms. The zero-order valence-corrected chi connectivity index (χ0v) is 14.5. The van der Waals surface area contributed by atoms with E-state index < -0.39 is 0 Å². The van der Waals surface area contributed by atoms with Gasteiger partial charge in [0.05, 0.1) is 0 Å². The topological polar surface area (TPSA) is 19.4 Å². The molecule has 4 heterocycles. The predicted octanol–water partition coefficient (Wildman–Crippen LogP) is 3.63. The number of piperidine rings is 1. The lowest BCUT2D eigenvalue weighted by molar-refractivity contribution is 0.102. The van der Waals surface area contributed by atoms with Crippen molar-refractivity contribution in [3.8, 4) is 0 Å². The summed E-state index contributed by atoms with van der Waals surface area (Å²) < 4.78 is 0. The number of nitrogens with zero attached hydrogens (tertiary/aromatic N) is 3. The van der Waals surface area contributed by atoms with E-state index in [1.54, 1.807) is 0 Å². The number of thiophene rings is 1. The largest absolute Gasteiger partial charge is 0.299 e. The summed E-state index contributed by atoms with van der Waals surface area (Å²) in [6, 6.07) is 8.67. The minimum Gasteiger partial charge on any atom is -0.299 e. The van der Waals surface area contributed by atoms with E-state index in [0.717, 1.165) is 13.1 Å². The second-order valence-electron chi connectivity index (χ2n) is 7.18. The summed E-state index contributed by atoms with van der Waals surface area (Å²) >= 11 is 1.89. The molecular formula is C19H25N3S. The van der Waals surface area contributed by atoms with Crippen LogP contribution in [0.4, 0.5) is 0 Å². The van der Waals surface area contributed by atoms with Gasteiger partial charge in [-0.1, -0.05) is 12.1 Å². The van der Waals surface area contributed by atoms with Gasteiger partial charge in [-0.2, -0.15) is 0 Å². The van der Waals surface area contributed by atoms with E-state index in [0.29, 0.717) is 5.41 Å². The quantitative estimate of drug-likeness (QED) is 0.855. The molecule has 0 unspecified atom stereocenters. The van der Waals surface area contributed by atoms with Gasteiger partial charge in [0.25, 0.3) is 0 Å². The molecule has 2 aliphatic heterocycles. The molecule has 122 valence electrons. The van der Waals surface area contributed by atoms with Crippen molar-refractivity contribution < 1.29 is 0 Å². The maximum absolute atomic E-state index is 4.23. The Kier molecular flexibility index (Phi) is 4.47. The van der Waals surface area contributed by atoms with Gasteiger partial charge in [-0.25, -0.2) is 0 Å². The van der Waals surface area contributed by atoms with E-state index in [9.17, 15) is 0 Å². The lowest BCUT2D eigenvalue weighted by Crippen LogP contribution is -2.41. The van der Waals surface area contributed by atoms with Gasteiger partial charge in [-0.15, -0.1) is 11.3 Å². The molecule has 4 rings (SSSR count). The molecule has 3 nitrogen and oxygen atoms in total. The van der Waals surface area contributed by atoms with E-state index in [1.165, 1.54) is 55.9 Å². The first kappa shape index (κ1) is 15.3. The molecule has 0 aromatic carbocycles. The van der Waals surface area contributed by atoms with Crippen LogP contribution in [0.25, 0.3) is 0 Å². The molecule has 1 spiro atoms. The summed E-state index contributed by atoms with van der Waals surface area (Å²) in [5.41, 5.74) is 1.93. The summed E-state index contributed by atoms with van der Waals surface area (Å²) in [5, 5.41) is 2.19. The highest BCUT2D eigenvalue weighted by molar-refractivity contribution is 7.09. The number of hydrogen-bond acceptors (Lipinski definition) is 4. The second kappa shape index (κ2) is 6.71. The normalized spacial score (nSPS) is 21.9. The Morgan fingerprint density at radius 2 is 1.83 bits per heavy atom. The molecule has 2 aromatic heterocycles. The molecule has 2 saturated heterocycles. The first-order valence-electron chi connectivity index (χ1n) is 8.67. The molecular weight excluding hydrogens is 302 g/mol. The standard InChI is InChI=1S/C19H25N3S/c1-3-17(13-20-8-1)14-21-9-5-19(6-10-21)7-11-22(16-19)15-18-4-2-12-23-18/h1-4,8,12-13H,5-7,9-11,14-16H2. The van der Waals surface area contributed by atoms with Gasteiger partial charge in [0, 0.05) is 36.9 Å². The van der Waals surface area contributed by atoms with Crippen LogP contribution in [-0.4, -0.2) is 41.0 Å². The Hall–Kier alpha value is -1.23. The van der Waals surface area contributed by atoms with Crippen LogP contribution >= 0.6 is 11.3 Å². The van der Waals surface area contributed by atoms with Gasteiger partial charge in [-0.3, -0.25) is 14.8 Å². The SMILES string of the molecule is c1cncc(CN2CCC3(CC2)CCN(Cc2cccs2)C3)c1. The van der Waals surface area contributed by atoms with Crippen molar-refractivity contribution in [2.75, 3.05) is 26.2 Å². The number of rotatable bonds is 4. The van der Waals surface area contributed by atoms with E-state index >= 15 is 0 Å². The Bertz CT molecular complexity index is 603. The molecule has 2 aromatic rings. The highest BCUT2D eigenvalue weighted by Crippen LogP contribution is 2.41. The van der Waals surface area contributed by atoms with Crippen LogP contribution in [0.15, 0.2) is 42.0 Å². The zero-order chi connectivity index (χ0) is 15.5. The maximum atomic E-state index is 4.23. The van der Waals surface area contributed by atoms with Crippen LogP contribution in [0, 0.1) is 5.41 Å². The van der Waals surface area contributed by atoms with E-state index in [1.807, 2.05) is 29.8 Å². The number of hydrogen-bond donors (Lipinski definition) is 0. The minimum atomic E-state index is 0.586. The van der Waals surface area contributed by atoms with Crippen molar-refractivity contribution in [2.45, 2.75) is 32.4 Å². The molecule has 4 heteroatoms. The first-order valence-corrected chi connectivity index (χ1v) is 9.55. The fourth-order valence-electron chi connectivity index (χ4n) is 4.13. The van der Waals surface area contributed by atoms with Crippen molar-refractivity contribution in [1.82, 2.24) is 14.8 Å². The van der Waals surface area contributed by atoms with Crippen LogP contribution in [0.3, 0.4) is 0 Å². The van der Waals surface area contributed by atoms with E-state index in [2.05, 4.69) is 38.4 Å². The highest BCUT2D eigenvalue weighted by atomic mass is 32.1. The average molecular weight is 327 g/mol. The Labute approximate surface area is 143 Å². The number of likely N-dealkylation sites (tertiary alicyclic amines) is 2. The number of aromatic nitrogens is 1. The molecule has 0 N–H and O–H groups in total. The third-order valence-electron chi connectivity index (χ3n) is 5.52. The van der Waals surface area contributed by atoms with Crippen LogP contribution in [0.5, 0.6) is 0 Å². The predicted molar refractivity (Wildman–Crippen MR) is 95.4 cm³/mol. The Morgan fingerprint density at radius 3 is 2.52 bits per heavy atom. The Balaban J connectivity index is 1.29. The molecule has 0 atom stereocenters. The van der Waals surface area contributed by atoms with E-state index in [-0.39, 0.29) is 0 Å². The lowest BCUT2D eigenvalue weighted by atomic mass is 9.77. The fourth-order valence-corrected chi connectivity index (χ4v) is 4.88. The number of pyridine rings is 1. The fraction of sp³-hybridized carbons (Fsp3) is 0.526. The van der Waals surface area contributed by atoms with Crippen molar-refractivity contribution in [1.29, 1.82) is 0 Å². The monoisotopic (exact) mass is 327 g/mol. The van der Waals surface area contributed by atoms with Gasteiger partial charge in [-0.05, 0) is 67.4 Å². The van der Waals surface area contributed by atoms with Gasteiger partial charge in [0.15, 0.2) is 0 Å². The molecule has 0 aliphatic carbocycles. The van der Waals surface area contributed by atoms with Gasteiger partial charge >= 0.3 is 0 Å². The molecule has 0 bridgehead atoms. The summed E-state index contributed by atoms with van der Waals surface area (Å²) in [6.07, 6.45) is 7.96. The Morgan fingerprint density at radius 1 is 1.00 bits per heavy atom. The van der Waals surface area contributed by atoms with Crippen LogP contribution < -0.4 is 0 Å². The van der Waals surface area contributed by atoms with E-state index in [4.69, 9.17) is 0 Å². The van der Waals surface area contributed by atoms with Gasteiger partial charge in [0.2, 0.25) is 0 Å². The summed E-state index contributed by atoms with van der Waals surface area (Å²) in [7, 11) is 0. The summed E-state index contributed by atoms with van der Waals surface area (Å²) in [4.78, 5) is 11.0. The smallest absolute Gasteiger partial charge is 0.0328 e. The summed E-state index contributed by atoms with van der Waals surface area (Å²) in [5.74, 6) is 0. The maximum Gasteiger partial charge on any atom is 0.0328 e. The zero-order valence-electron chi connectivity index (χ0n) is 13.7. The molecule has 2 aliphatic rings. The molecule has 0 saturated carbocycles. The lowest BCUT2D eigenvalue weighted by Gasteiger charge is -2.39. The van der Waals surface area contributed by atoms with Crippen molar-refractivity contribution in [3.05, 3.63) is 52.5 Å². The van der Waals surface area contributed by atoms with Crippen LogP contribution in [0.2, 0.25) is 0 Å². The van der Waals surface area contributed by atoms with Crippen molar-refractivity contribution >= 4 is 11.3 Å². The molecule has 0 amide bonds. The third kappa shape index (κ3) is 3.65. The van der Waals surface area contributed by atoms with Crippen LogP contribution in [0.1, 0.15) is 29.7 Å². The highest BCUT2D eigenvalue weighted by Gasteiger charge is 2.40. The average Bonchev–Trinajstić information content (AvgIpc) is 3.22. The second-order valence-corrected chi connectivity index (χ2v) is 8.21. The van der Waals surface area contributed by atoms with Crippen molar-refractivity contribution in [2.24, 2.45) is 5.41 Å². The first-order chi connectivity index (χ1) is 11.3. The summed E-state index contributed by atoms with van der Waals surface area (Å²) in [6.45, 7) is 7.26. The van der Waals surface area contributed by atoms with Gasteiger partial charge in [0.1, 0.15) is 0 Å². The van der Waals surface area contributed by atoms with Gasteiger partial charge < -0.3 is 0 Å².